The molecule has 0 saturated carbocycles. The van der Waals surface area contributed by atoms with E-state index in [0.29, 0.717) is 5.56 Å². The number of halogens is 1. The van der Waals surface area contributed by atoms with E-state index >= 15 is 0 Å². The van der Waals surface area contributed by atoms with Crippen LogP contribution in [0, 0.1) is 12.7 Å². The number of hydrogen-bond acceptors (Lipinski definition) is 0. The predicted molar refractivity (Wildman–Crippen MR) is 96.0 cm³/mol. The van der Waals surface area contributed by atoms with Crippen molar-refractivity contribution >= 4 is 0 Å². The standard InChI is InChI=1S/C22H21F/c1-3-4-17-6-9-18(10-7-17)19-11-13-20(14-12-19)21-8-5-16(2)22(23)15-21/h5-15H,3-4H2,1-2H3. The second kappa shape index (κ2) is 6.78. The number of aryl methyl sites for hydroxylation is 2. The molecule has 0 aliphatic heterocycles. The van der Waals surface area contributed by atoms with Crippen LogP contribution in [0.15, 0.2) is 66.7 Å². The molecule has 0 atom stereocenters. The highest BCUT2D eigenvalue weighted by Crippen LogP contribution is 2.26. The summed E-state index contributed by atoms with van der Waals surface area (Å²) in [5, 5.41) is 0. The van der Waals surface area contributed by atoms with E-state index in [2.05, 4.69) is 55.5 Å². The van der Waals surface area contributed by atoms with Gasteiger partial charge in [0.25, 0.3) is 0 Å². The zero-order valence-corrected chi connectivity index (χ0v) is 13.6. The molecule has 0 N–H and O–H groups in total. The Morgan fingerprint density at radius 2 is 1.17 bits per heavy atom. The second-order valence-electron chi connectivity index (χ2n) is 5.99. The molecule has 0 unspecified atom stereocenters. The van der Waals surface area contributed by atoms with E-state index < -0.39 is 0 Å². The molecular formula is C22H21F. The first-order valence-corrected chi connectivity index (χ1v) is 8.13. The van der Waals surface area contributed by atoms with Crippen LogP contribution in [0.1, 0.15) is 24.5 Å². The summed E-state index contributed by atoms with van der Waals surface area (Å²) in [5.41, 5.74) is 6.41. The zero-order valence-electron chi connectivity index (χ0n) is 13.6. The lowest BCUT2D eigenvalue weighted by atomic mass is 9.98. The Bertz CT molecular complexity index is 783. The molecule has 3 aromatic carbocycles. The summed E-state index contributed by atoms with van der Waals surface area (Å²) in [6, 6.07) is 22.4. The summed E-state index contributed by atoms with van der Waals surface area (Å²) < 4.78 is 13.7. The quantitative estimate of drug-likeness (QED) is 0.521. The van der Waals surface area contributed by atoms with E-state index in [-0.39, 0.29) is 5.82 Å². The molecule has 0 radical (unpaired) electrons. The van der Waals surface area contributed by atoms with Crippen LogP contribution in [0.2, 0.25) is 0 Å². The highest BCUT2D eigenvalue weighted by molar-refractivity contribution is 5.70. The second-order valence-corrected chi connectivity index (χ2v) is 5.99. The van der Waals surface area contributed by atoms with Crippen LogP contribution in [-0.2, 0) is 6.42 Å². The Labute approximate surface area is 137 Å². The molecule has 0 aromatic heterocycles. The van der Waals surface area contributed by atoms with Gasteiger partial charge in [0.1, 0.15) is 5.82 Å². The Balaban J connectivity index is 1.85. The van der Waals surface area contributed by atoms with Crippen LogP contribution in [0.4, 0.5) is 4.39 Å². The van der Waals surface area contributed by atoms with Gasteiger partial charge in [0, 0.05) is 0 Å². The van der Waals surface area contributed by atoms with Crippen molar-refractivity contribution in [3.8, 4) is 22.3 Å². The molecule has 1 heteroatoms. The van der Waals surface area contributed by atoms with E-state index in [9.17, 15) is 4.39 Å². The molecule has 0 fully saturated rings. The van der Waals surface area contributed by atoms with Crippen molar-refractivity contribution in [3.63, 3.8) is 0 Å². The Morgan fingerprint density at radius 1 is 0.696 bits per heavy atom. The molecule has 0 saturated heterocycles. The summed E-state index contributed by atoms with van der Waals surface area (Å²) in [4.78, 5) is 0. The van der Waals surface area contributed by atoms with Crippen molar-refractivity contribution in [3.05, 3.63) is 83.7 Å². The maximum absolute atomic E-state index is 13.7. The van der Waals surface area contributed by atoms with Crippen molar-refractivity contribution in [1.82, 2.24) is 0 Å². The van der Waals surface area contributed by atoms with Crippen LogP contribution in [-0.4, -0.2) is 0 Å². The topological polar surface area (TPSA) is 0 Å². The molecule has 0 bridgehead atoms. The SMILES string of the molecule is CCCc1ccc(-c2ccc(-c3ccc(C)c(F)c3)cc2)cc1. The summed E-state index contributed by atoms with van der Waals surface area (Å²) >= 11 is 0. The fourth-order valence-corrected chi connectivity index (χ4v) is 2.78. The molecular weight excluding hydrogens is 283 g/mol. The maximum atomic E-state index is 13.7. The van der Waals surface area contributed by atoms with Gasteiger partial charge < -0.3 is 0 Å². The van der Waals surface area contributed by atoms with E-state index in [1.807, 2.05) is 12.1 Å². The monoisotopic (exact) mass is 304 g/mol. The van der Waals surface area contributed by atoms with Crippen molar-refractivity contribution in [2.45, 2.75) is 26.7 Å². The molecule has 3 rings (SSSR count). The van der Waals surface area contributed by atoms with Gasteiger partial charge in [-0.2, -0.15) is 0 Å². The van der Waals surface area contributed by atoms with Crippen LogP contribution >= 0.6 is 0 Å². The molecule has 3 aromatic rings. The van der Waals surface area contributed by atoms with Gasteiger partial charge >= 0.3 is 0 Å². The first-order valence-electron chi connectivity index (χ1n) is 8.13. The number of hydrogen-bond donors (Lipinski definition) is 0. The van der Waals surface area contributed by atoms with Gasteiger partial charge in [0.2, 0.25) is 0 Å². The van der Waals surface area contributed by atoms with Gasteiger partial charge in [-0.25, -0.2) is 4.39 Å². The molecule has 23 heavy (non-hydrogen) atoms. The highest BCUT2D eigenvalue weighted by Gasteiger charge is 2.03. The van der Waals surface area contributed by atoms with E-state index in [1.165, 1.54) is 23.1 Å². The Morgan fingerprint density at radius 3 is 1.70 bits per heavy atom. The molecule has 0 amide bonds. The van der Waals surface area contributed by atoms with Crippen LogP contribution in [0.3, 0.4) is 0 Å². The average molecular weight is 304 g/mol. The van der Waals surface area contributed by atoms with Crippen molar-refractivity contribution in [2.24, 2.45) is 0 Å². The smallest absolute Gasteiger partial charge is 0.126 e. The average Bonchev–Trinajstić information content (AvgIpc) is 2.59. The maximum Gasteiger partial charge on any atom is 0.126 e. The zero-order chi connectivity index (χ0) is 16.2. The van der Waals surface area contributed by atoms with Gasteiger partial charge in [-0.05, 0) is 52.8 Å². The Hall–Kier alpha value is -2.41. The fraction of sp³-hybridized carbons (Fsp3) is 0.182. The summed E-state index contributed by atoms with van der Waals surface area (Å²) in [5.74, 6) is -0.155. The first-order chi connectivity index (χ1) is 11.2. The molecule has 116 valence electrons. The lowest BCUT2D eigenvalue weighted by Gasteiger charge is -2.07. The molecule has 0 aliphatic rings. The van der Waals surface area contributed by atoms with E-state index in [0.717, 1.165) is 17.5 Å². The van der Waals surface area contributed by atoms with Gasteiger partial charge in [-0.15, -0.1) is 0 Å². The van der Waals surface area contributed by atoms with Gasteiger partial charge in [0.15, 0.2) is 0 Å². The minimum atomic E-state index is -0.155. The van der Waals surface area contributed by atoms with Crippen LogP contribution < -0.4 is 0 Å². The molecule has 0 aliphatic carbocycles. The predicted octanol–water partition coefficient (Wildman–Crippen LogP) is 6.42. The van der Waals surface area contributed by atoms with E-state index in [1.54, 1.807) is 13.0 Å². The largest absolute Gasteiger partial charge is 0.207 e. The lowest BCUT2D eigenvalue weighted by Crippen LogP contribution is -1.86. The number of rotatable bonds is 4. The molecule has 0 nitrogen and oxygen atoms in total. The van der Waals surface area contributed by atoms with Gasteiger partial charge in [-0.1, -0.05) is 74.0 Å². The third-order valence-electron chi connectivity index (χ3n) is 4.22. The fourth-order valence-electron chi connectivity index (χ4n) is 2.78. The summed E-state index contributed by atoms with van der Waals surface area (Å²) in [7, 11) is 0. The van der Waals surface area contributed by atoms with E-state index in [4.69, 9.17) is 0 Å². The minimum absolute atomic E-state index is 0.155. The van der Waals surface area contributed by atoms with Crippen molar-refractivity contribution < 1.29 is 4.39 Å². The third-order valence-corrected chi connectivity index (χ3v) is 4.22. The first kappa shape index (κ1) is 15.5. The number of benzene rings is 3. The van der Waals surface area contributed by atoms with Gasteiger partial charge in [0.05, 0.1) is 0 Å². The van der Waals surface area contributed by atoms with Crippen molar-refractivity contribution in [1.29, 1.82) is 0 Å². The lowest BCUT2D eigenvalue weighted by molar-refractivity contribution is 0.619. The summed E-state index contributed by atoms with van der Waals surface area (Å²) in [6.45, 7) is 3.98. The highest BCUT2D eigenvalue weighted by atomic mass is 19.1. The molecule has 0 heterocycles. The van der Waals surface area contributed by atoms with Gasteiger partial charge in [-0.3, -0.25) is 0 Å². The third kappa shape index (κ3) is 3.50. The summed E-state index contributed by atoms with van der Waals surface area (Å²) in [6.07, 6.45) is 2.29. The Kier molecular flexibility index (Phi) is 4.57. The normalized spacial score (nSPS) is 10.7. The minimum Gasteiger partial charge on any atom is -0.207 e. The molecule has 0 spiro atoms. The van der Waals surface area contributed by atoms with Crippen LogP contribution in [0.5, 0.6) is 0 Å². The van der Waals surface area contributed by atoms with Crippen molar-refractivity contribution in [2.75, 3.05) is 0 Å². The van der Waals surface area contributed by atoms with Crippen LogP contribution in [0.25, 0.3) is 22.3 Å².